The average molecular weight is 609 g/mol. The predicted octanol–water partition coefficient (Wildman–Crippen LogP) is 8.09. The molecule has 0 saturated heterocycles. The number of hydrogen-bond donors (Lipinski definition) is 0. The van der Waals surface area contributed by atoms with Crippen molar-refractivity contribution >= 4 is 38.5 Å². The van der Waals surface area contributed by atoms with E-state index in [9.17, 15) is 9.59 Å². The van der Waals surface area contributed by atoms with E-state index in [4.69, 9.17) is 9.47 Å². The first kappa shape index (κ1) is 34.3. The average Bonchev–Trinajstić information content (AvgIpc) is 2.93. The summed E-state index contributed by atoms with van der Waals surface area (Å²) in [6.45, 7) is 18.2. The van der Waals surface area contributed by atoms with Gasteiger partial charge in [0.1, 0.15) is 0 Å². The van der Waals surface area contributed by atoms with Gasteiger partial charge in [-0.05, 0) is 82.3 Å². The molecule has 0 radical (unpaired) electrons. The lowest BCUT2D eigenvalue weighted by Crippen LogP contribution is -2.53. The molecule has 2 aromatic carbocycles. The number of hydrogen-bond acceptors (Lipinski definition) is 4. The van der Waals surface area contributed by atoms with Crippen LogP contribution in [0.15, 0.2) is 12.1 Å². The SMILES string of the molecule is CCCCCCc1cc2c(cc1CCCCCC)Cc1c(c([Si](C)(C)C)c(C(=O)OC)c(C(=O)OC)c1[Si](C)(C)C)C2. The Bertz CT molecular complexity index is 1180. The molecule has 0 heterocycles. The van der Waals surface area contributed by atoms with Crippen LogP contribution in [-0.2, 0) is 35.2 Å². The maximum absolute atomic E-state index is 13.6. The molecule has 0 N–H and O–H groups in total. The van der Waals surface area contributed by atoms with E-state index >= 15 is 0 Å². The molecule has 0 bridgehead atoms. The Hall–Kier alpha value is -2.19. The van der Waals surface area contributed by atoms with E-state index in [1.807, 2.05) is 0 Å². The second-order valence-electron chi connectivity index (χ2n) is 14.3. The maximum Gasteiger partial charge on any atom is 0.338 e. The minimum Gasteiger partial charge on any atom is -0.465 e. The Balaban J connectivity index is 2.30. The van der Waals surface area contributed by atoms with Crippen molar-refractivity contribution in [2.75, 3.05) is 14.2 Å². The molecule has 1 aliphatic rings. The van der Waals surface area contributed by atoms with Crippen LogP contribution in [0, 0.1) is 0 Å². The van der Waals surface area contributed by atoms with Crippen LogP contribution in [0.5, 0.6) is 0 Å². The number of methoxy groups -OCH3 is 2. The highest BCUT2D eigenvalue weighted by Crippen LogP contribution is 2.34. The molecule has 1 aliphatic carbocycles. The number of carbonyl (C=O) groups is 2. The van der Waals surface area contributed by atoms with Crippen molar-refractivity contribution in [1.82, 2.24) is 0 Å². The lowest BCUT2D eigenvalue weighted by atomic mass is 9.80. The fourth-order valence-corrected chi connectivity index (χ4v) is 11.2. The van der Waals surface area contributed by atoms with Gasteiger partial charge < -0.3 is 9.47 Å². The first-order chi connectivity index (χ1) is 19.8. The third kappa shape index (κ3) is 7.66. The number of aryl methyl sites for hydroxylation is 2. The van der Waals surface area contributed by atoms with Crippen molar-refractivity contribution < 1.29 is 19.1 Å². The first-order valence-electron chi connectivity index (χ1n) is 16.3. The Labute approximate surface area is 258 Å². The van der Waals surface area contributed by atoms with Crippen LogP contribution in [0.1, 0.15) is 119 Å². The number of benzene rings is 2. The largest absolute Gasteiger partial charge is 0.465 e. The number of fused-ring (bicyclic) bond motifs is 2. The van der Waals surface area contributed by atoms with E-state index in [0.717, 1.165) is 36.1 Å². The summed E-state index contributed by atoms with van der Waals surface area (Å²) in [6, 6.07) is 5.02. The zero-order valence-electron chi connectivity index (χ0n) is 28.3. The van der Waals surface area contributed by atoms with Gasteiger partial charge in [-0.3, -0.25) is 0 Å². The van der Waals surface area contributed by atoms with Crippen LogP contribution in [-0.4, -0.2) is 42.3 Å². The Morgan fingerprint density at radius 2 is 0.976 bits per heavy atom. The van der Waals surface area contributed by atoms with Gasteiger partial charge in [-0.25, -0.2) is 9.59 Å². The van der Waals surface area contributed by atoms with Crippen molar-refractivity contribution in [3.63, 3.8) is 0 Å². The van der Waals surface area contributed by atoms with Crippen molar-refractivity contribution in [1.29, 1.82) is 0 Å². The molecule has 0 amide bonds. The van der Waals surface area contributed by atoms with Gasteiger partial charge in [0.25, 0.3) is 0 Å². The Morgan fingerprint density at radius 3 is 1.26 bits per heavy atom. The van der Waals surface area contributed by atoms with E-state index in [0.29, 0.717) is 11.1 Å². The molecule has 6 heteroatoms. The zero-order valence-corrected chi connectivity index (χ0v) is 30.3. The van der Waals surface area contributed by atoms with Gasteiger partial charge in [0, 0.05) is 0 Å². The highest BCUT2D eigenvalue weighted by molar-refractivity contribution is 6.92. The minimum atomic E-state index is -2.10. The molecule has 0 spiro atoms. The number of carbonyl (C=O) groups excluding carboxylic acids is 2. The van der Waals surface area contributed by atoms with E-state index in [1.54, 1.807) is 0 Å². The predicted molar refractivity (Wildman–Crippen MR) is 183 cm³/mol. The lowest BCUT2D eigenvalue weighted by Gasteiger charge is -2.36. The van der Waals surface area contributed by atoms with Crippen molar-refractivity contribution in [3.05, 3.63) is 56.6 Å². The van der Waals surface area contributed by atoms with Crippen molar-refractivity contribution in [2.45, 2.75) is 130 Å². The minimum absolute atomic E-state index is 0.417. The Morgan fingerprint density at radius 1 is 0.619 bits per heavy atom. The Kier molecular flexibility index (Phi) is 11.9. The van der Waals surface area contributed by atoms with Crippen LogP contribution < -0.4 is 10.4 Å². The van der Waals surface area contributed by atoms with E-state index < -0.39 is 28.1 Å². The molecular formula is C36H56O4Si2. The highest BCUT2D eigenvalue weighted by atomic mass is 28.3. The second kappa shape index (κ2) is 14.5. The number of unbranched alkanes of at least 4 members (excludes halogenated alkanes) is 6. The summed E-state index contributed by atoms with van der Waals surface area (Å²) in [5.41, 5.74) is 9.32. The van der Waals surface area contributed by atoms with E-state index in [1.165, 1.54) is 99.0 Å². The molecule has 232 valence electrons. The number of esters is 2. The van der Waals surface area contributed by atoms with Gasteiger partial charge in [0.2, 0.25) is 0 Å². The summed E-state index contributed by atoms with van der Waals surface area (Å²) in [5, 5.41) is 2.15. The first-order valence-corrected chi connectivity index (χ1v) is 23.3. The fourth-order valence-electron chi connectivity index (χ4n) is 6.96. The van der Waals surface area contributed by atoms with Crippen molar-refractivity contribution in [3.8, 4) is 0 Å². The summed E-state index contributed by atoms with van der Waals surface area (Å²) in [7, 11) is -1.36. The van der Waals surface area contributed by atoms with Gasteiger partial charge in [-0.15, -0.1) is 0 Å². The molecule has 0 unspecified atom stereocenters. The molecule has 0 aliphatic heterocycles. The van der Waals surface area contributed by atoms with Crippen LogP contribution in [0.3, 0.4) is 0 Å². The fraction of sp³-hybridized carbons (Fsp3) is 0.611. The van der Waals surface area contributed by atoms with Gasteiger partial charge in [0.15, 0.2) is 0 Å². The molecular weight excluding hydrogens is 553 g/mol. The van der Waals surface area contributed by atoms with Crippen LogP contribution >= 0.6 is 0 Å². The van der Waals surface area contributed by atoms with Crippen LogP contribution in [0.2, 0.25) is 39.3 Å². The summed E-state index contributed by atoms with van der Waals surface area (Å²) >= 11 is 0. The molecule has 0 aromatic heterocycles. The lowest BCUT2D eigenvalue weighted by molar-refractivity contribution is 0.0557. The van der Waals surface area contributed by atoms with Crippen LogP contribution in [0.25, 0.3) is 0 Å². The van der Waals surface area contributed by atoms with Gasteiger partial charge in [-0.2, -0.15) is 0 Å². The van der Waals surface area contributed by atoms with Crippen LogP contribution in [0.4, 0.5) is 0 Å². The summed E-state index contributed by atoms with van der Waals surface area (Å²) < 4.78 is 10.8. The monoisotopic (exact) mass is 608 g/mol. The number of ether oxygens (including phenoxy) is 2. The van der Waals surface area contributed by atoms with E-state index in [2.05, 4.69) is 65.3 Å². The molecule has 0 atom stereocenters. The quantitative estimate of drug-likeness (QED) is 0.105. The zero-order chi connectivity index (χ0) is 31.2. The van der Waals surface area contributed by atoms with Gasteiger partial charge in [0.05, 0.1) is 41.5 Å². The molecule has 2 aromatic rings. The molecule has 42 heavy (non-hydrogen) atoms. The standard InChI is InChI=1S/C36H56O4Si2/c1-11-13-15-17-19-25-21-27-23-29-30(24-28(27)22-26(25)20-18-16-14-12-2)34(42(8,9)10)32(36(38)40-4)31(35(37)39-3)33(29)41(5,6)7/h21-22H,11-20,23-24H2,1-10H3. The summed E-state index contributed by atoms with van der Waals surface area (Å²) in [6.07, 6.45) is 14.0. The van der Waals surface area contributed by atoms with Gasteiger partial charge >= 0.3 is 11.9 Å². The molecule has 0 saturated carbocycles. The molecule has 3 rings (SSSR count). The topological polar surface area (TPSA) is 52.6 Å². The normalized spacial score (nSPS) is 13.0. The van der Waals surface area contributed by atoms with Crippen molar-refractivity contribution in [2.24, 2.45) is 0 Å². The maximum atomic E-state index is 13.6. The second-order valence-corrected chi connectivity index (χ2v) is 24.3. The molecule has 4 nitrogen and oxygen atoms in total. The van der Waals surface area contributed by atoms with Gasteiger partial charge in [-0.1, -0.05) is 104 Å². The smallest absolute Gasteiger partial charge is 0.338 e. The summed E-state index contributed by atoms with van der Waals surface area (Å²) in [5.74, 6) is -0.833. The highest BCUT2D eigenvalue weighted by Gasteiger charge is 2.41. The van der Waals surface area contributed by atoms with E-state index in [-0.39, 0.29) is 0 Å². The third-order valence-corrected chi connectivity index (χ3v) is 13.0. The number of rotatable bonds is 14. The summed E-state index contributed by atoms with van der Waals surface area (Å²) in [4.78, 5) is 27.1. The molecule has 0 fully saturated rings. The third-order valence-electron chi connectivity index (χ3n) is 8.85.